The van der Waals surface area contributed by atoms with Crippen molar-refractivity contribution in [3.05, 3.63) is 52.0 Å². The number of fused-ring (bicyclic) bond motifs is 3. The summed E-state index contributed by atoms with van der Waals surface area (Å²) >= 11 is 0. The van der Waals surface area contributed by atoms with Gasteiger partial charge >= 0.3 is 0 Å². The van der Waals surface area contributed by atoms with Crippen LogP contribution >= 0.6 is 0 Å². The van der Waals surface area contributed by atoms with Crippen LogP contribution < -0.4 is 11.1 Å². The fourth-order valence-corrected chi connectivity index (χ4v) is 4.95. The maximum absolute atomic E-state index is 14.2. The van der Waals surface area contributed by atoms with Crippen LogP contribution in [-0.4, -0.2) is 39.0 Å². The Morgan fingerprint density at radius 3 is 2.72 bits per heavy atom. The third kappa shape index (κ3) is 3.84. The minimum Gasteiger partial charge on any atom is -0.383 e. The van der Waals surface area contributed by atoms with Crippen LogP contribution in [0.5, 0.6) is 0 Å². The topological polar surface area (TPSA) is 104 Å². The van der Waals surface area contributed by atoms with Crippen molar-refractivity contribution in [3.63, 3.8) is 0 Å². The maximum Gasteiger partial charge on any atom is 0.226 e. The lowest BCUT2D eigenvalue weighted by molar-refractivity contribution is 0.208. The van der Waals surface area contributed by atoms with Crippen molar-refractivity contribution in [1.82, 2.24) is 19.9 Å². The molecule has 3 aromatic rings. The van der Waals surface area contributed by atoms with Gasteiger partial charge in [-0.05, 0) is 62.3 Å². The van der Waals surface area contributed by atoms with E-state index in [1.807, 2.05) is 13.0 Å². The maximum atomic E-state index is 14.2. The Kier molecular flexibility index (Phi) is 5.35. The van der Waals surface area contributed by atoms with Gasteiger partial charge in [-0.1, -0.05) is 6.07 Å². The fraction of sp³-hybridized carbons (Fsp3) is 0.417. The molecule has 1 saturated heterocycles. The average Bonchev–Trinajstić information content (AvgIpc) is 3.26. The molecule has 32 heavy (non-hydrogen) atoms. The Labute approximate surface area is 186 Å². The first kappa shape index (κ1) is 20.6. The number of nitrogens with zero attached hydrogens (tertiary/aromatic N) is 5. The normalized spacial score (nSPS) is 16.8. The van der Waals surface area contributed by atoms with E-state index in [1.54, 1.807) is 12.1 Å². The Bertz CT molecular complexity index is 1230. The fourth-order valence-electron chi connectivity index (χ4n) is 4.95. The molecular formula is C24H26FN7. The van der Waals surface area contributed by atoms with Gasteiger partial charge in [0, 0.05) is 36.9 Å². The Morgan fingerprint density at radius 1 is 1.19 bits per heavy atom. The molecule has 1 fully saturated rings. The van der Waals surface area contributed by atoms with Crippen LogP contribution in [-0.2, 0) is 19.4 Å². The van der Waals surface area contributed by atoms with E-state index < -0.39 is 0 Å². The number of piperidine rings is 1. The molecule has 1 aromatic carbocycles. The second-order valence-corrected chi connectivity index (χ2v) is 8.75. The van der Waals surface area contributed by atoms with Gasteiger partial charge in [-0.2, -0.15) is 15.2 Å². The highest BCUT2D eigenvalue weighted by molar-refractivity contribution is 5.91. The first-order chi connectivity index (χ1) is 15.5. The van der Waals surface area contributed by atoms with Crippen LogP contribution in [0.1, 0.15) is 47.2 Å². The molecular weight excluding hydrogens is 405 g/mol. The zero-order valence-corrected chi connectivity index (χ0v) is 18.2. The number of hydrogen-bond acceptors (Lipinski definition) is 7. The number of halogens is 1. The van der Waals surface area contributed by atoms with Crippen LogP contribution in [0.25, 0.3) is 11.0 Å². The summed E-state index contributed by atoms with van der Waals surface area (Å²) in [4.78, 5) is 16.2. The standard InChI is InChI=1S/C24H26FN7/c1-14-18-3-2-4-19(18)21-22(27)30-24(31-23(21)28-14)29-17-7-9-32(10-8-17)13-16-6-5-15(12-26)11-20(16)25/h5-6,11,17H,2-4,7-10,13H2,1H3,(H3,27,28,29,30,31). The number of nitriles is 1. The smallest absolute Gasteiger partial charge is 0.226 e. The Balaban J connectivity index is 1.25. The lowest BCUT2D eigenvalue weighted by Crippen LogP contribution is -2.39. The largest absolute Gasteiger partial charge is 0.383 e. The number of likely N-dealkylation sites (tertiary alicyclic amines) is 1. The van der Waals surface area contributed by atoms with Gasteiger partial charge in [0.2, 0.25) is 5.95 Å². The van der Waals surface area contributed by atoms with Crippen LogP contribution in [0.15, 0.2) is 18.2 Å². The van der Waals surface area contributed by atoms with Crippen LogP contribution in [0.4, 0.5) is 16.2 Å². The summed E-state index contributed by atoms with van der Waals surface area (Å²) in [5.74, 6) is 0.701. The van der Waals surface area contributed by atoms with Gasteiger partial charge in [-0.15, -0.1) is 0 Å². The molecule has 3 heterocycles. The van der Waals surface area contributed by atoms with E-state index in [2.05, 4.69) is 20.2 Å². The van der Waals surface area contributed by atoms with Crippen molar-refractivity contribution in [2.24, 2.45) is 0 Å². The second kappa shape index (κ2) is 8.32. The number of nitrogens with two attached hydrogens (primary N) is 1. The van der Waals surface area contributed by atoms with E-state index in [0.717, 1.165) is 56.3 Å². The number of anilines is 2. The van der Waals surface area contributed by atoms with Gasteiger partial charge in [0.25, 0.3) is 0 Å². The molecule has 2 aromatic heterocycles. The first-order valence-corrected chi connectivity index (χ1v) is 11.1. The van der Waals surface area contributed by atoms with Crippen LogP contribution in [0, 0.1) is 24.1 Å². The molecule has 8 heteroatoms. The molecule has 7 nitrogen and oxygen atoms in total. The summed E-state index contributed by atoms with van der Waals surface area (Å²) in [6.45, 7) is 4.26. The third-order valence-electron chi connectivity index (χ3n) is 6.64. The zero-order valence-electron chi connectivity index (χ0n) is 18.2. The zero-order chi connectivity index (χ0) is 22.2. The lowest BCUT2D eigenvalue weighted by Gasteiger charge is -2.32. The number of hydrogen-bond donors (Lipinski definition) is 2. The molecule has 0 unspecified atom stereocenters. The van der Waals surface area contributed by atoms with Crippen molar-refractivity contribution < 1.29 is 4.39 Å². The van der Waals surface area contributed by atoms with E-state index in [9.17, 15) is 4.39 Å². The molecule has 0 radical (unpaired) electrons. The number of nitrogens with one attached hydrogen (secondary N) is 1. The number of rotatable bonds is 4. The van der Waals surface area contributed by atoms with Gasteiger partial charge in [0.1, 0.15) is 11.6 Å². The van der Waals surface area contributed by atoms with Crippen molar-refractivity contribution in [2.45, 2.75) is 51.6 Å². The summed E-state index contributed by atoms with van der Waals surface area (Å²) in [6, 6.07) is 6.87. The lowest BCUT2D eigenvalue weighted by atomic mass is 10.0. The van der Waals surface area contributed by atoms with E-state index >= 15 is 0 Å². The number of aryl methyl sites for hydroxylation is 2. The van der Waals surface area contributed by atoms with E-state index in [-0.39, 0.29) is 11.9 Å². The molecule has 0 saturated carbocycles. The molecule has 1 aliphatic carbocycles. The molecule has 0 spiro atoms. The van der Waals surface area contributed by atoms with E-state index in [1.165, 1.54) is 17.2 Å². The highest BCUT2D eigenvalue weighted by Gasteiger charge is 2.24. The number of benzene rings is 1. The Morgan fingerprint density at radius 2 is 1.97 bits per heavy atom. The molecule has 3 N–H and O–H groups in total. The van der Waals surface area contributed by atoms with Crippen molar-refractivity contribution in [1.29, 1.82) is 5.26 Å². The number of nitrogen functional groups attached to an aromatic ring is 1. The predicted octanol–water partition coefficient (Wildman–Crippen LogP) is 3.49. The van der Waals surface area contributed by atoms with Crippen molar-refractivity contribution >= 4 is 22.8 Å². The summed E-state index contributed by atoms with van der Waals surface area (Å²) < 4.78 is 14.2. The third-order valence-corrected chi connectivity index (χ3v) is 6.64. The summed E-state index contributed by atoms with van der Waals surface area (Å²) in [5, 5.41) is 13.2. The summed E-state index contributed by atoms with van der Waals surface area (Å²) in [7, 11) is 0. The monoisotopic (exact) mass is 431 g/mol. The minimum absolute atomic E-state index is 0.226. The SMILES string of the molecule is Cc1nc2nc(NC3CCN(Cc4ccc(C#N)cc4F)CC3)nc(N)c2c2c1CCC2. The predicted molar refractivity (Wildman–Crippen MR) is 122 cm³/mol. The summed E-state index contributed by atoms with van der Waals surface area (Å²) in [5.41, 5.74) is 11.6. The van der Waals surface area contributed by atoms with Gasteiger partial charge in [0.15, 0.2) is 5.65 Å². The molecule has 0 amide bonds. The molecule has 2 aliphatic rings. The van der Waals surface area contributed by atoms with Gasteiger partial charge in [-0.3, -0.25) is 4.90 Å². The van der Waals surface area contributed by atoms with Crippen molar-refractivity contribution in [2.75, 3.05) is 24.1 Å². The van der Waals surface area contributed by atoms with Crippen LogP contribution in [0.3, 0.4) is 0 Å². The number of pyridine rings is 1. The van der Waals surface area contributed by atoms with Crippen molar-refractivity contribution in [3.8, 4) is 6.07 Å². The van der Waals surface area contributed by atoms with Gasteiger partial charge < -0.3 is 11.1 Å². The van der Waals surface area contributed by atoms with E-state index in [4.69, 9.17) is 16.0 Å². The summed E-state index contributed by atoms with van der Waals surface area (Å²) in [6.07, 6.45) is 4.98. The number of aromatic nitrogens is 3. The molecule has 0 atom stereocenters. The molecule has 0 bridgehead atoms. The average molecular weight is 432 g/mol. The Hall–Kier alpha value is -3.31. The van der Waals surface area contributed by atoms with Gasteiger partial charge in [0.05, 0.1) is 17.0 Å². The highest BCUT2D eigenvalue weighted by atomic mass is 19.1. The molecule has 5 rings (SSSR count). The molecule has 1 aliphatic heterocycles. The molecule has 164 valence electrons. The minimum atomic E-state index is -0.321. The first-order valence-electron chi connectivity index (χ1n) is 11.1. The highest BCUT2D eigenvalue weighted by Crippen LogP contribution is 2.33. The second-order valence-electron chi connectivity index (χ2n) is 8.75. The van der Waals surface area contributed by atoms with E-state index in [0.29, 0.717) is 35.1 Å². The van der Waals surface area contributed by atoms with Crippen LogP contribution in [0.2, 0.25) is 0 Å². The van der Waals surface area contributed by atoms with Gasteiger partial charge in [-0.25, -0.2) is 9.37 Å². The quantitative estimate of drug-likeness (QED) is 0.652.